The molecule has 46 heavy (non-hydrogen) atoms. The highest BCUT2D eigenvalue weighted by Crippen LogP contribution is 2.45. The van der Waals surface area contributed by atoms with Gasteiger partial charge in [0.2, 0.25) is 11.9 Å². The Labute approximate surface area is 272 Å². The number of anilines is 4. The Morgan fingerprint density at radius 3 is 2.52 bits per heavy atom. The van der Waals surface area contributed by atoms with Gasteiger partial charge in [-0.2, -0.15) is 4.98 Å². The minimum absolute atomic E-state index is 0.000502. The molecule has 2 amide bonds. The lowest BCUT2D eigenvalue weighted by molar-refractivity contribution is -0.120. The summed E-state index contributed by atoms with van der Waals surface area (Å²) in [4.78, 5) is 43.4. The van der Waals surface area contributed by atoms with Crippen LogP contribution in [0.3, 0.4) is 0 Å². The Hall–Kier alpha value is -3.40. The number of carbonyl (C=O) groups excluding carboxylic acids is 2. The highest BCUT2D eigenvalue weighted by molar-refractivity contribution is 6.04. The van der Waals surface area contributed by atoms with Gasteiger partial charge in [-0.1, -0.05) is 19.8 Å². The number of amides is 2. The molecule has 0 radical (unpaired) electrons. The zero-order chi connectivity index (χ0) is 31.7. The summed E-state index contributed by atoms with van der Waals surface area (Å²) in [5.41, 5.74) is 2.70. The van der Waals surface area contributed by atoms with Gasteiger partial charge in [-0.25, -0.2) is 4.98 Å². The Bertz CT molecular complexity index is 1520. The molecule has 1 aromatic heterocycles. The maximum Gasteiger partial charge on any atom is 0.251 e. The average Bonchev–Trinajstić information content (AvgIpc) is 3.32. The molecule has 2 aromatic rings. The molecule has 0 bridgehead atoms. The van der Waals surface area contributed by atoms with Crippen LogP contribution >= 0.6 is 0 Å². The van der Waals surface area contributed by atoms with Gasteiger partial charge in [0.25, 0.3) is 5.91 Å². The molecule has 246 valence electrons. The zero-order valence-corrected chi connectivity index (χ0v) is 27.8. The van der Waals surface area contributed by atoms with Gasteiger partial charge in [-0.05, 0) is 88.7 Å². The van der Waals surface area contributed by atoms with Gasteiger partial charge in [0, 0.05) is 56.3 Å². The minimum Gasteiger partial charge on any atom is -0.485 e. The summed E-state index contributed by atoms with van der Waals surface area (Å²) in [5.74, 6) is 4.41. The molecule has 0 unspecified atom stereocenters. The number of hydrogen-bond acceptors (Lipinski definition) is 8. The van der Waals surface area contributed by atoms with Crippen molar-refractivity contribution in [3.63, 3.8) is 0 Å². The van der Waals surface area contributed by atoms with E-state index in [1.54, 1.807) is 11.1 Å². The van der Waals surface area contributed by atoms with E-state index in [2.05, 4.69) is 46.2 Å². The minimum atomic E-state index is -0.433. The number of nitrogens with zero attached hydrogens (tertiary/aromatic N) is 5. The third kappa shape index (κ3) is 5.40. The molecule has 0 spiro atoms. The second-order valence-corrected chi connectivity index (χ2v) is 15.5. The van der Waals surface area contributed by atoms with Gasteiger partial charge in [0.05, 0.1) is 11.9 Å². The van der Waals surface area contributed by atoms with Crippen molar-refractivity contribution in [3.8, 4) is 5.75 Å². The molecular formula is C36H49N7O3. The largest absolute Gasteiger partial charge is 0.485 e. The summed E-state index contributed by atoms with van der Waals surface area (Å²) in [5, 5.41) is 6.84. The third-order valence-corrected chi connectivity index (χ3v) is 11.5. The number of nitrogens with one attached hydrogen (secondary N) is 2. The van der Waals surface area contributed by atoms with Gasteiger partial charge < -0.3 is 30.1 Å². The van der Waals surface area contributed by atoms with E-state index >= 15 is 0 Å². The maximum atomic E-state index is 13.8. The molecule has 4 fully saturated rings. The number of benzene rings is 1. The third-order valence-electron chi connectivity index (χ3n) is 11.5. The number of likely N-dealkylation sites (N-methyl/N-ethyl adjacent to an activating group) is 1. The summed E-state index contributed by atoms with van der Waals surface area (Å²) in [6, 6.07) is 4.16. The highest BCUT2D eigenvalue weighted by Gasteiger charge is 2.44. The van der Waals surface area contributed by atoms with Gasteiger partial charge in [0.15, 0.2) is 5.82 Å². The van der Waals surface area contributed by atoms with E-state index in [0.717, 1.165) is 60.8 Å². The van der Waals surface area contributed by atoms with E-state index in [9.17, 15) is 9.59 Å². The molecule has 4 heterocycles. The zero-order valence-electron chi connectivity index (χ0n) is 27.8. The highest BCUT2D eigenvalue weighted by atomic mass is 16.5. The predicted molar refractivity (Wildman–Crippen MR) is 179 cm³/mol. The standard InChI is InChI=1S/C36H49N7O3/c1-5-29-34(45)41(4)30-17-37-35(40-32(30)43(29)25-8-6-7-9-25)39-28-13-12-26(27-16-36(2,3)46-31(27)28)33(44)38-24-14-22-19-42(18-21-10-11-21)20-23(22)15-24/h12-13,17,21-25,29H,5-11,14-16,18-20H2,1-4H3,(H,38,44)(H,37,39,40)/t22-,23+,24+,29-/m1/s1. The quantitative estimate of drug-likeness (QED) is 0.407. The topological polar surface area (TPSA) is 103 Å². The molecule has 3 aliphatic heterocycles. The Balaban J connectivity index is 1.02. The summed E-state index contributed by atoms with van der Waals surface area (Å²) >= 11 is 0. The van der Waals surface area contributed by atoms with Crippen LogP contribution < -0.4 is 25.2 Å². The van der Waals surface area contributed by atoms with Crippen molar-refractivity contribution in [1.82, 2.24) is 20.2 Å². The predicted octanol–water partition coefficient (Wildman–Crippen LogP) is 5.29. The summed E-state index contributed by atoms with van der Waals surface area (Å²) in [6.07, 6.45) is 12.6. The fraction of sp³-hybridized carbons (Fsp3) is 0.667. The number of aromatic nitrogens is 2. The van der Waals surface area contributed by atoms with Crippen molar-refractivity contribution in [2.45, 2.75) is 109 Å². The van der Waals surface area contributed by atoms with E-state index in [4.69, 9.17) is 9.72 Å². The van der Waals surface area contributed by atoms with Gasteiger partial charge in [-0.15, -0.1) is 0 Å². The van der Waals surface area contributed by atoms with Crippen molar-refractivity contribution in [3.05, 3.63) is 29.5 Å². The SMILES string of the molecule is CC[C@@H]1C(=O)N(C)c2cnc(Nc3ccc(C(=O)N[C@H]4C[C@@H]5CN(CC6CC6)C[C@@H]5C4)c4c3OC(C)(C)C4)nc2N1C1CCCC1. The molecule has 10 nitrogen and oxygen atoms in total. The number of likely N-dealkylation sites (tertiary alicyclic amines) is 1. The van der Waals surface area contributed by atoms with Gasteiger partial charge in [-0.3, -0.25) is 9.59 Å². The molecular weight excluding hydrogens is 578 g/mol. The number of carbonyl (C=O) groups is 2. The molecule has 10 heteroatoms. The number of hydrogen-bond donors (Lipinski definition) is 2. The maximum absolute atomic E-state index is 13.8. The van der Waals surface area contributed by atoms with Crippen LogP contribution in [0.5, 0.6) is 5.75 Å². The van der Waals surface area contributed by atoms with E-state index in [-0.39, 0.29) is 23.9 Å². The van der Waals surface area contributed by atoms with Crippen LogP contribution in [0.25, 0.3) is 0 Å². The Morgan fingerprint density at radius 2 is 1.83 bits per heavy atom. The molecule has 2 N–H and O–H groups in total. The van der Waals surface area contributed by atoms with Crippen molar-refractivity contribution in [2.75, 3.05) is 41.8 Å². The number of fused-ring (bicyclic) bond motifs is 3. The molecule has 1 aromatic carbocycles. The smallest absolute Gasteiger partial charge is 0.251 e. The van der Waals surface area contributed by atoms with Gasteiger partial charge in [0.1, 0.15) is 23.1 Å². The monoisotopic (exact) mass is 627 g/mol. The first-order valence-electron chi connectivity index (χ1n) is 17.8. The molecule has 8 rings (SSSR count). The van der Waals surface area contributed by atoms with Crippen molar-refractivity contribution in [1.29, 1.82) is 0 Å². The second-order valence-electron chi connectivity index (χ2n) is 15.5. The first-order chi connectivity index (χ1) is 22.2. The molecule has 1 saturated heterocycles. The van der Waals surface area contributed by atoms with Crippen LogP contribution in [-0.2, 0) is 11.2 Å². The second kappa shape index (κ2) is 11.4. The molecule has 6 aliphatic rings. The fourth-order valence-corrected chi connectivity index (χ4v) is 9.13. The lowest BCUT2D eigenvalue weighted by Crippen LogP contribution is -2.55. The van der Waals surface area contributed by atoms with Crippen LogP contribution in [0.1, 0.15) is 94.5 Å². The van der Waals surface area contributed by atoms with E-state index < -0.39 is 5.60 Å². The summed E-state index contributed by atoms with van der Waals surface area (Å²) < 4.78 is 6.48. The number of ether oxygens (including phenoxy) is 1. The van der Waals surface area contributed by atoms with Crippen molar-refractivity contribution < 1.29 is 14.3 Å². The van der Waals surface area contributed by atoms with E-state index in [1.165, 1.54) is 45.3 Å². The van der Waals surface area contributed by atoms with Crippen LogP contribution in [0.15, 0.2) is 18.3 Å². The van der Waals surface area contributed by atoms with Crippen LogP contribution in [0.4, 0.5) is 23.1 Å². The molecule has 3 saturated carbocycles. The normalized spacial score (nSPS) is 28.7. The Morgan fingerprint density at radius 1 is 1.09 bits per heavy atom. The first-order valence-corrected chi connectivity index (χ1v) is 17.8. The average molecular weight is 628 g/mol. The molecule has 3 aliphatic carbocycles. The van der Waals surface area contributed by atoms with Gasteiger partial charge >= 0.3 is 0 Å². The lowest BCUT2D eigenvalue weighted by Gasteiger charge is -2.43. The number of rotatable bonds is 8. The van der Waals surface area contributed by atoms with Crippen LogP contribution in [0, 0.1) is 17.8 Å². The van der Waals surface area contributed by atoms with E-state index in [0.29, 0.717) is 41.6 Å². The van der Waals surface area contributed by atoms with Crippen molar-refractivity contribution >= 4 is 35.0 Å². The fourth-order valence-electron chi connectivity index (χ4n) is 9.13. The lowest BCUT2D eigenvalue weighted by atomic mass is 9.96. The summed E-state index contributed by atoms with van der Waals surface area (Å²) in [6.45, 7) is 9.87. The van der Waals surface area contributed by atoms with Crippen molar-refractivity contribution in [2.24, 2.45) is 17.8 Å². The Kier molecular flexibility index (Phi) is 7.42. The summed E-state index contributed by atoms with van der Waals surface area (Å²) in [7, 11) is 1.82. The van der Waals surface area contributed by atoms with Crippen LogP contribution in [-0.4, -0.2) is 77.1 Å². The molecule has 4 atom stereocenters. The van der Waals surface area contributed by atoms with Crippen LogP contribution in [0.2, 0.25) is 0 Å². The van der Waals surface area contributed by atoms with E-state index in [1.807, 2.05) is 19.2 Å². The first kappa shape index (κ1) is 30.0.